The molecule has 110 valence electrons. The third-order valence-electron chi connectivity index (χ3n) is 2.77. The Balaban J connectivity index is 1.84. The molecule has 5 nitrogen and oxygen atoms in total. The summed E-state index contributed by atoms with van der Waals surface area (Å²) >= 11 is 0. The van der Waals surface area contributed by atoms with Gasteiger partial charge in [-0.3, -0.25) is 4.79 Å². The van der Waals surface area contributed by atoms with Crippen molar-refractivity contribution >= 4 is 5.91 Å². The van der Waals surface area contributed by atoms with Gasteiger partial charge in [-0.2, -0.15) is 0 Å². The summed E-state index contributed by atoms with van der Waals surface area (Å²) in [6.45, 7) is 0.111. The number of amides is 1. The van der Waals surface area contributed by atoms with Crippen LogP contribution in [0.4, 0.5) is 0 Å². The van der Waals surface area contributed by atoms with Crippen molar-refractivity contribution in [1.29, 1.82) is 0 Å². The Kier molecular flexibility index (Phi) is 5.17. The molecule has 0 bridgehead atoms. The van der Waals surface area contributed by atoms with Gasteiger partial charge in [-0.05, 0) is 24.3 Å². The first kappa shape index (κ1) is 14.9. The molecule has 1 unspecified atom stereocenters. The number of rotatable bonds is 7. The van der Waals surface area contributed by atoms with Crippen molar-refractivity contribution in [3.05, 3.63) is 60.2 Å². The van der Waals surface area contributed by atoms with Crippen molar-refractivity contribution in [2.24, 2.45) is 5.73 Å². The van der Waals surface area contributed by atoms with Crippen LogP contribution in [0.2, 0.25) is 0 Å². The van der Waals surface area contributed by atoms with E-state index in [2.05, 4.69) is 0 Å². The van der Waals surface area contributed by atoms with Gasteiger partial charge in [0.25, 0.3) is 5.91 Å². The molecular formula is C16H17NO4. The van der Waals surface area contributed by atoms with E-state index in [0.29, 0.717) is 11.5 Å². The number of carbonyl (C=O) groups excluding carboxylic acids is 1. The molecule has 0 fully saturated rings. The fraction of sp³-hybridized carbons (Fsp3) is 0.188. The van der Waals surface area contributed by atoms with Gasteiger partial charge >= 0.3 is 0 Å². The van der Waals surface area contributed by atoms with E-state index >= 15 is 0 Å². The Bertz CT molecular complexity index is 586. The first-order chi connectivity index (χ1) is 10.2. The molecule has 0 radical (unpaired) electrons. The zero-order valence-corrected chi connectivity index (χ0v) is 11.4. The predicted octanol–water partition coefficient (Wildman–Crippen LogP) is 1.60. The Hall–Kier alpha value is -2.53. The molecule has 5 heteroatoms. The average molecular weight is 287 g/mol. The van der Waals surface area contributed by atoms with Gasteiger partial charge in [0.15, 0.2) is 0 Å². The largest absolute Gasteiger partial charge is 0.491 e. The standard InChI is InChI=1S/C16H17NO4/c17-16(19)14-8-4-5-9-15(14)21-11-12(18)10-20-13-6-2-1-3-7-13/h1-9,12,18H,10-11H2,(H2,17,19). The number of benzene rings is 2. The molecule has 1 amide bonds. The van der Waals surface area contributed by atoms with Gasteiger partial charge in [0.2, 0.25) is 0 Å². The topological polar surface area (TPSA) is 81.8 Å². The zero-order chi connectivity index (χ0) is 15.1. The number of para-hydroxylation sites is 2. The molecule has 2 rings (SSSR count). The summed E-state index contributed by atoms with van der Waals surface area (Å²) in [7, 11) is 0. The molecule has 0 saturated heterocycles. The molecule has 0 aliphatic heterocycles. The van der Waals surface area contributed by atoms with Crippen molar-refractivity contribution in [3.63, 3.8) is 0 Å². The highest BCUT2D eigenvalue weighted by Crippen LogP contribution is 2.17. The maximum absolute atomic E-state index is 11.2. The Morgan fingerprint density at radius 3 is 2.33 bits per heavy atom. The number of aliphatic hydroxyl groups is 1. The second-order valence-electron chi connectivity index (χ2n) is 4.45. The van der Waals surface area contributed by atoms with Gasteiger partial charge in [0.05, 0.1) is 5.56 Å². The average Bonchev–Trinajstić information content (AvgIpc) is 2.52. The van der Waals surface area contributed by atoms with E-state index in [4.69, 9.17) is 15.2 Å². The predicted molar refractivity (Wildman–Crippen MR) is 78.4 cm³/mol. The third kappa shape index (κ3) is 4.50. The van der Waals surface area contributed by atoms with E-state index in [9.17, 15) is 9.90 Å². The Labute approximate surface area is 122 Å². The fourth-order valence-electron chi connectivity index (χ4n) is 1.74. The number of ether oxygens (including phenoxy) is 2. The summed E-state index contributed by atoms with van der Waals surface area (Å²) in [5, 5.41) is 9.84. The van der Waals surface area contributed by atoms with Gasteiger partial charge in [-0.15, -0.1) is 0 Å². The van der Waals surface area contributed by atoms with Gasteiger partial charge < -0.3 is 20.3 Å². The number of nitrogens with two attached hydrogens (primary N) is 1. The minimum absolute atomic E-state index is 0.0110. The van der Waals surface area contributed by atoms with Gasteiger partial charge in [0.1, 0.15) is 30.8 Å². The molecule has 21 heavy (non-hydrogen) atoms. The minimum Gasteiger partial charge on any atom is -0.491 e. The summed E-state index contributed by atoms with van der Waals surface area (Å²) < 4.78 is 10.8. The fourth-order valence-corrected chi connectivity index (χ4v) is 1.74. The van der Waals surface area contributed by atoms with Crippen LogP contribution in [0.3, 0.4) is 0 Å². The first-order valence-corrected chi connectivity index (χ1v) is 6.54. The maximum Gasteiger partial charge on any atom is 0.252 e. The van der Waals surface area contributed by atoms with Crippen LogP contribution in [0.1, 0.15) is 10.4 Å². The van der Waals surface area contributed by atoms with Crippen molar-refractivity contribution in [2.45, 2.75) is 6.10 Å². The number of carbonyl (C=O) groups is 1. The van der Waals surface area contributed by atoms with Gasteiger partial charge in [-0.25, -0.2) is 0 Å². The molecule has 2 aromatic carbocycles. The monoisotopic (exact) mass is 287 g/mol. The summed E-state index contributed by atoms with van der Waals surface area (Å²) in [6.07, 6.45) is -0.814. The van der Waals surface area contributed by atoms with Crippen molar-refractivity contribution < 1.29 is 19.4 Å². The number of hydrogen-bond acceptors (Lipinski definition) is 4. The summed E-state index contributed by atoms with van der Waals surface area (Å²) in [5.41, 5.74) is 5.54. The van der Waals surface area contributed by atoms with Crippen LogP contribution in [0.25, 0.3) is 0 Å². The van der Waals surface area contributed by atoms with Crippen LogP contribution in [0.15, 0.2) is 54.6 Å². The lowest BCUT2D eigenvalue weighted by molar-refractivity contribution is 0.0620. The Morgan fingerprint density at radius 2 is 1.62 bits per heavy atom. The number of primary amides is 1. The normalized spacial score (nSPS) is 11.7. The van der Waals surface area contributed by atoms with Crippen molar-refractivity contribution in [3.8, 4) is 11.5 Å². The molecule has 1 atom stereocenters. The SMILES string of the molecule is NC(=O)c1ccccc1OCC(O)COc1ccccc1. The smallest absolute Gasteiger partial charge is 0.252 e. The van der Waals surface area contributed by atoms with Crippen LogP contribution in [-0.2, 0) is 0 Å². The Morgan fingerprint density at radius 1 is 1.00 bits per heavy atom. The minimum atomic E-state index is -0.814. The lowest BCUT2D eigenvalue weighted by Gasteiger charge is -2.14. The number of hydrogen-bond donors (Lipinski definition) is 2. The second kappa shape index (κ2) is 7.31. The second-order valence-corrected chi connectivity index (χ2v) is 4.45. The molecule has 0 saturated carbocycles. The molecule has 2 aromatic rings. The molecular weight excluding hydrogens is 270 g/mol. The quantitative estimate of drug-likeness (QED) is 0.810. The van der Waals surface area contributed by atoms with Crippen LogP contribution < -0.4 is 15.2 Å². The maximum atomic E-state index is 11.2. The highest BCUT2D eigenvalue weighted by Gasteiger charge is 2.11. The molecule has 3 N–H and O–H groups in total. The van der Waals surface area contributed by atoms with Gasteiger partial charge in [-0.1, -0.05) is 30.3 Å². The highest BCUT2D eigenvalue weighted by atomic mass is 16.5. The lowest BCUT2D eigenvalue weighted by Crippen LogP contribution is -2.25. The van der Waals surface area contributed by atoms with Gasteiger partial charge in [0, 0.05) is 0 Å². The van der Waals surface area contributed by atoms with E-state index in [1.807, 2.05) is 18.2 Å². The lowest BCUT2D eigenvalue weighted by atomic mass is 10.2. The molecule has 0 heterocycles. The molecule has 0 aromatic heterocycles. The van der Waals surface area contributed by atoms with Crippen molar-refractivity contribution in [2.75, 3.05) is 13.2 Å². The van der Waals surface area contributed by atoms with E-state index in [0.717, 1.165) is 0 Å². The van der Waals surface area contributed by atoms with E-state index in [-0.39, 0.29) is 18.8 Å². The number of aliphatic hydroxyl groups excluding tert-OH is 1. The van der Waals surface area contributed by atoms with E-state index in [1.54, 1.807) is 36.4 Å². The third-order valence-corrected chi connectivity index (χ3v) is 2.77. The van der Waals surface area contributed by atoms with Crippen molar-refractivity contribution in [1.82, 2.24) is 0 Å². The van der Waals surface area contributed by atoms with Crippen LogP contribution in [0, 0.1) is 0 Å². The molecule has 0 aliphatic rings. The highest BCUT2D eigenvalue weighted by molar-refractivity contribution is 5.95. The molecule has 0 spiro atoms. The zero-order valence-electron chi connectivity index (χ0n) is 11.4. The van der Waals surface area contributed by atoms with E-state index < -0.39 is 12.0 Å². The summed E-state index contributed by atoms with van der Waals surface area (Å²) in [5.74, 6) is 0.457. The van der Waals surface area contributed by atoms with Crippen LogP contribution in [-0.4, -0.2) is 30.3 Å². The first-order valence-electron chi connectivity index (χ1n) is 6.54. The summed E-state index contributed by atoms with van der Waals surface area (Å²) in [4.78, 5) is 11.2. The summed E-state index contributed by atoms with van der Waals surface area (Å²) in [6, 6.07) is 15.8. The van der Waals surface area contributed by atoms with Crippen LogP contribution >= 0.6 is 0 Å². The van der Waals surface area contributed by atoms with Crippen LogP contribution in [0.5, 0.6) is 11.5 Å². The molecule has 0 aliphatic carbocycles. The van der Waals surface area contributed by atoms with E-state index in [1.165, 1.54) is 0 Å².